The third-order valence-electron chi connectivity index (χ3n) is 4.03. The summed E-state index contributed by atoms with van der Waals surface area (Å²) in [5.41, 5.74) is 2.80. The predicted molar refractivity (Wildman–Crippen MR) is 91.4 cm³/mol. The van der Waals surface area contributed by atoms with Gasteiger partial charge in [0.2, 0.25) is 0 Å². The van der Waals surface area contributed by atoms with Crippen molar-refractivity contribution >= 4 is 48.6 Å². The predicted octanol–water partition coefficient (Wildman–Crippen LogP) is 2.64. The molecule has 0 aliphatic carbocycles. The molecule has 0 radical (unpaired) electrons. The van der Waals surface area contributed by atoms with Gasteiger partial charge in [-0.25, -0.2) is 0 Å². The van der Waals surface area contributed by atoms with Crippen molar-refractivity contribution in [2.75, 3.05) is 13.2 Å². The first-order chi connectivity index (χ1) is 11.7. The van der Waals surface area contributed by atoms with Crippen LogP contribution in [0.2, 0.25) is 5.15 Å². The molecule has 4 rings (SSSR count). The number of rotatable bonds is 3. The number of hydrogen-bond donors (Lipinski definition) is 0. The van der Waals surface area contributed by atoms with Crippen LogP contribution in [0.3, 0.4) is 0 Å². The molecule has 0 N–H and O–H groups in total. The van der Waals surface area contributed by atoms with Gasteiger partial charge in [-0.15, -0.1) is 0 Å². The Kier molecular flexibility index (Phi) is 4.68. The Balaban J connectivity index is 1.82. The van der Waals surface area contributed by atoms with E-state index >= 15 is 0 Å². The van der Waals surface area contributed by atoms with Crippen LogP contribution in [0.4, 0.5) is 0 Å². The van der Waals surface area contributed by atoms with Gasteiger partial charge in [-0.2, -0.15) is 0 Å². The molecular formula is C16H14ClN4O2Tl. The molecule has 0 amide bonds. The van der Waals surface area contributed by atoms with Crippen LogP contribution in [0.25, 0.3) is 22.2 Å². The molecule has 6 nitrogen and oxygen atoms in total. The van der Waals surface area contributed by atoms with Gasteiger partial charge in [0.25, 0.3) is 0 Å². The Bertz CT molecular complexity index is 880. The van der Waals surface area contributed by atoms with E-state index in [-0.39, 0.29) is 6.10 Å². The van der Waals surface area contributed by atoms with Crippen LogP contribution in [-0.2, 0) is 4.74 Å². The van der Waals surface area contributed by atoms with Crippen molar-refractivity contribution in [2.45, 2.75) is 18.9 Å². The van der Waals surface area contributed by atoms with E-state index in [1.54, 1.807) is 12.4 Å². The molecule has 0 aromatic carbocycles. The molecule has 24 heavy (non-hydrogen) atoms. The Morgan fingerprint density at radius 1 is 1.21 bits per heavy atom. The average Bonchev–Trinajstić information content (AvgIpc) is 2.94. The molecule has 1 fully saturated rings. The summed E-state index contributed by atoms with van der Waals surface area (Å²) in [5.74, 6) is 0.634. The maximum absolute atomic E-state index is 6.20. The molecule has 0 atom stereocenters. The summed E-state index contributed by atoms with van der Waals surface area (Å²) in [7, 11) is 0. The first-order valence-corrected chi connectivity index (χ1v) is 10.1. The fraction of sp³-hybridized carbons (Fsp3) is 0.312. The third-order valence-corrected chi connectivity index (χ3v) is 5.77. The van der Waals surface area contributed by atoms with Gasteiger partial charge in [-0.05, 0) is 0 Å². The second-order valence-electron chi connectivity index (χ2n) is 5.60. The van der Waals surface area contributed by atoms with Crippen molar-refractivity contribution in [1.82, 2.24) is 17.6 Å². The van der Waals surface area contributed by atoms with Crippen LogP contribution < -0.4 is 4.74 Å². The number of ether oxygens (including phenoxy) is 2. The van der Waals surface area contributed by atoms with E-state index in [2.05, 4.69) is 9.97 Å². The first kappa shape index (κ1) is 16.2. The summed E-state index contributed by atoms with van der Waals surface area (Å²) in [6.45, 7) is 1.46. The molecule has 8 heteroatoms. The van der Waals surface area contributed by atoms with Crippen LogP contribution in [-0.4, -0.2) is 62.9 Å². The van der Waals surface area contributed by atoms with Crippen molar-refractivity contribution in [3.8, 4) is 17.1 Å². The van der Waals surface area contributed by atoms with Crippen LogP contribution in [0.1, 0.15) is 12.8 Å². The van der Waals surface area contributed by atoms with Crippen LogP contribution in [0, 0.1) is 0 Å². The summed E-state index contributed by atoms with van der Waals surface area (Å²) in [5, 5.41) is 6.10. The number of nitrogens with zero attached hydrogens (tertiary/aromatic N) is 4. The summed E-state index contributed by atoms with van der Waals surface area (Å²) in [6, 6.07) is 5.70. The van der Waals surface area contributed by atoms with Gasteiger partial charge in [0.1, 0.15) is 0 Å². The van der Waals surface area contributed by atoms with Crippen LogP contribution in [0.5, 0.6) is 5.88 Å². The zero-order valence-electron chi connectivity index (χ0n) is 12.9. The molecule has 3 aromatic heterocycles. The minimum atomic E-state index is 0.130. The molecule has 1 aliphatic heterocycles. The molecule has 3 aromatic rings. The number of hydrogen-bond acceptors (Lipinski definition) is 5. The van der Waals surface area contributed by atoms with Gasteiger partial charge in [-0.3, -0.25) is 0 Å². The fourth-order valence-electron chi connectivity index (χ4n) is 2.85. The number of halogens is 1. The van der Waals surface area contributed by atoms with E-state index in [1.807, 2.05) is 20.7 Å². The van der Waals surface area contributed by atoms with Crippen molar-refractivity contribution in [1.29, 1.82) is 0 Å². The van der Waals surface area contributed by atoms with E-state index in [0.29, 0.717) is 37.1 Å². The normalized spacial score (nSPS) is 15.7. The zero-order chi connectivity index (χ0) is 16.5. The van der Waals surface area contributed by atoms with Crippen molar-refractivity contribution in [2.24, 2.45) is 0 Å². The van der Waals surface area contributed by atoms with Gasteiger partial charge >= 0.3 is 161 Å². The van der Waals surface area contributed by atoms with E-state index < -0.39 is 0 Å². The summed E-state index contributed by atoms with van der Waals surface area (Å²) in [6.07, 6.45) is 5.36. The van der Waals surface area contributed by atoms with Crippen LogP contribution >= 0.6 is 11.6 Å². The Hall–Kier alpha value is -1.26. The molecule has 0 unspecified atom stereocenters. The van der Waals surface area contributed by atoms with E-state index in [1.165, 1.54) is 0 Å². The van der Waals surface area contributed by atoms with Crippen molar-refractivity contribution < 1.29 is 9.47 Å². The number of aromatic nitrogens is 4. The average molecular weight is 534 g/mol. The monoisotopic (exact) mass is 534 g/mol. The molecule has 0 saturated carbocycles. The first-order valence-electron chi connectivity index (χ1n) is 7.71. The third kappa shape index (κ3) is 3.14. The SMILES string of the molecule is Clc1cc(-c2n[n]([Tl])c3ccnc(OC4CCOCC4)c23)ccn1. The molecule has 1 saturated heterocycles. The topological polar surface area (TPSA) is 62.1 Å². The number of pyridine rings is 2. The van der Waals surface area contributed by atoms with Crippen LogP contribution in [0.15, 0.2) is 30.6 Å². The number of fused-ring (bicyclic) bond motifs is 1. The van der Waals surface area contributed by atoms with Crippen molar-refractivity contribution in [3.05, 3.63) is 35.7 Å². The van der Waals surface area contributed by atoms with E-state index in [4.69, 9.17) is 26.2 Å². The van der Waals surface area contributed by atoms with E-state index in [9.17, 15) is 0 Å². The fourth-order valence-corrected chi connectivity index (χ4v) is 4.31. The second-order valence-corrected chi connectivity index (χ2v) is 7.89. The maximum atomic E-state index is 6.20. The van der Waals surface area contributed by atoms with Gasteiger partial charge < -0.3 is 0 Å². The Labute approximate surface area is 160 Å². The Morgan fingerprint density at radius 3 is 2.79 bits per heavy atom. The summed E-state index contributed by atoms with van der Waals surface area (Å²) >= 11 is 6.60. The zero-order valence-corrected chi connectivity index (χ0v) is 18.1. The van der Waals surface area contributed by atoms with Gasteiger partial charge in [0, 0.05) is 0 Å². The summed E-state index contributed by atoms with van der Waals surface area (Å²) in [4.78, 5) is 8.53. The quantitative estimate of drug-likeness (QED) is 0.382. The molecule has 0 bridgehead atoms. The molecule has 120 valence electrons. The minimum absolute atomic E-state index is 0.130. The van der Waals surface area contributed by atoms with Crippen molar-refractivity contribution in [3.63, 3.8) is 0 Å². The molecular weight excluding hydrogens is 520 g/mol. The van der Waals surface area contributed by atoms with Gasteiger partial charge in [0.05, 0.1) is 0 Å². The Morgan fingerprint density at radius 2 is 2.00 bits per heavy atom. The molecule has 4 heterocycles. The van der Waals surface area contributed by atoms with Gasteiger partial charge in [0.15, 0.2) is 0 Å². The standard InChI is InChI=1S/C16H14ClN4O2.Tl/c17-13-9-10(1-5-18-13)15-14-12(20-21-15)2-6-19-16(14)23-11-3-7-22-8-4-11;/h1-2,5-6,9,11H,3-4,7-8H2;/q-1;+1. The second kappa shape index (κ2) is 6.93. The van der Waals surface area contributed by atoms with Gasteiger partial charge in [-0.1, -0.05) is 0 Å². The molecule has 1 aliphatic rings. The molecule has 0 spiro atoms. The summed E-state index contributed by atoms with van der Waals surface area (Å²) < 4.78 is 13.6. The van der Waals surface area contributed by atoms with E-state index in [0.717, 1.165) is 48.2 Å².